The number of hydrogen-bond donors (Lipinski definition) is 1. The van der Waals surface area contributed by atoms with Gasteiger partial charge in [0.2, 0.25) is 0 Å². The average Bonchev–Trinajstić information content (AvgIpc) is 1.97. The molecule has 0 heterocycles. The van der Waals surface area contributed by atoms with Crippen LogP contribution in [0.25, 0.3) is 0 Å². The first-order chi connectivity index (χ1) is 5.61. The van der Waals surface area contributed by atoms with E-state index in [-0.39, 0.29) is 0 Å². The van der Waals surface area contributed by atoms with Crippen LogP contribution in [0.3, 0.4) is 0 Å². The summed E-state index contributed by atoms with van der Waals surface area (Å²) in [5.74, 6) is 1.74. The Kier molecular flexibility index (Phi) is 3.57. The molecule has 72 valence electrons. The van der Waals surface area contributed by atoms with Crippen LogP contribution in [0.2, 0.25) is 0 Å². The highest BCUT2D eigenvalue weighted by molar-refractivity contribution is 4.84. The number of hydrogen-bond acceptors (Lipinski definition) is 1. The Bertz CT molecular complexity index is 121. The molecule has 0 aromatic rings. The van der Waals surface area contributed by atoms with Crippen molar-refractivity contribution in [2.24, 2.45) is 11.8 Å². The van der Waals surface area contributed by atoms with Crippen LogP contribution in [-0.4, -0.2) is 12.1 Å². The van der Waals surface area contributed by atoms with E-state index in [4.69, 9.17) is 0 Å². The van der Waals surface area contributed by atoms with Gasteiger partial charge in [-0.2, -0.15) is 0 Å². The van der Waals surface area contributed by atoms with E-state index in [1.165, 1.54) is 19.3 Å². The summed E-state index contributed by atoms with van der Waals surface area (Å²) in [7, 11) is 0. The molecular weight excluding hydrogens is 146 g/mol. The molecule has 1 aliphatic rings. The van der Waals surface area contributed by atoms with Crippen molar-refractivity contribution in [1.82, 2.24) is 5.32 Å². The second kappa shape index (κ2) is 4.27. The highest BCUT2D eigenvalue weighted by Crippen LogP contribution is 2.28. The fourth-order valence-corrected chi connectivity index (χ4v) is 2.40. The molecule has 0 aromatic carbocycles. The SMILES string of the molecule is CC(C)NC1[C@@H](C)CCC[C@@H]1C. The molecule has 0 unspecified atom stereocenters. The minimum atomic E-state index is 0.637. The van der Waals surface area contributed by atoms with E-state index in [1.54, 1.807) is 0 Å². The van der Waals surface area contributed by atoms with Crippen molar-refractivity contribution in [3.8, 4) is 0 Å². The van der Waals surface area contributed by atoms with E-state index >= 15 is 0 Å². The largest absolute Gasteiger partial charge is 0.311 e. The minimum absolute atomic E-state index is 0.637. The topological polar surface area (TPSA) is 12.0 Å². The summed E-state index contributed by atoms with van der Waals surface area (Å²) in [5.41, 5.74) is 0. The normalized spacial score (nSPS) is 32.8. The highest BCUT2D eigenvalue weighted by Gasteiger charge is 2.27. The first kappa shape index (κ1) is 10.0. The molecule has 12 heavy (non-hydrogen) atoms. The smallest absolute Gasteiger partial charge is 0.0121 e. The van der Waals surface area contributed by atoms with E-state index in [2.05, 4.69) is 33.0 Å². The van der Waals surface area contributed by atoms with Gasteiger partial charge in [-0.3, -0.25) is 0 Å². The maximum atomic E-state index is 3.68. The lowest BCUT2D eigenvalue weighted by molar-refractivity contribution is 0.199. The van der Waals surface area contributed by atoms with E-state index in [1.807, 2.05) is 0 Å². The van der Waals surface area contributed by atoms with Crippen LogP contribution in [0.5, 0.6) is 0 Å². The zero-order valence-corrected chi connectivity index (χ0v) is 8.93. The molecule has 0 bridgehead atoms. The van der Waals surface area contributed by atoms with Crippen LogP contribution < -0.4 is 5.32 Å². The maximum absolute atomic E-state index is 3.68. The Labute approximate surface area is 76.9 Å². The van der Waals surface area contributed by atoms with Gasteiger partial charge < -0.3 is 5.32 Å². The third kappa shape index (κ3) is 2.48. The zero-order chi connectivity index (χ0) is 9.14. The summed E-state index contributed by atoms with van der Waals surface area (Å²) in [6.45, 7) is 9.26. The van der Waals surface area contributed by atoms with E-state index in [0.29, 0.717) is 6.04 Å². The Hall–Kier alpha value is -0.0400. The second-order valence-corrected chi connectivity index (χ2v) is 4.73. The summed E-state index contributed by atoms with van der Waals surface area (Å²) in [4.78, 5) is 0. The first-order valence-corrected chi connectivity index (χ1v) is 5.37. The Morgan fingerprint density at radius 3 is 2.00 bits per heavy atom. The Morgan fingerprint density at radius 2 is 1.58 bits per heavy atom. The van der Waals surface area contributed by atoms with Crippen LogP contribution in [-0.2, 0) is 0 Å². The molecule has 1 N–H and O–H groups in total. The molecule has 1 saturated carbocycles. The molecule has 0 aromatic heterocycles. The fraction of sp³-hybridized carbons (Fsp3) is 1.00. The molecule has 2 atom stereocenters. The van der Waals surface area contributed by atoms with Crippen LogP contribution in [0.4, 0.5) is 0 Å². The van der Waals surface area contributed by atoms with Gasteiger partial charge in [-0.1, -0.05) is 34.1 Å². The quantitative estimate of drug-likeness (QED) is 0.670. The lowest BCUT2D eigenvalue weighted by Gasteiger charge is -2.36. The van der Waals surface area contributed by atoms with Crippen LogP contribution >= 0.6 is 0 Å². The fourth-order valence-electron chi connectivity index (χ4n) is 2.40. The lowest BCUT2D eigenvalue weighted by Crippen LogP contribution is -2.45. The highest BCUT2D eigenvalue weighted by atomic mass is 15.0. The van der Waals surface area contributed by atoms with Gasteiger partial charge in [0.1, 0.15) is 0 Å². The van der Waals surface area contributed by atoms with E-state index in [0.717, 1.165) is 17.9 Å². The first-order valence-electron chi connectivity index (χ1n) is 5.37. The molecule has 0 saturated heterocycles. The van der Waals surface area contributed by atoms with E-state index < -0.39 is 0 Å². The number of rotatable bonds is 2. The van der Waals surface area contributed by atoms with Gasteiger partial charge >= 0.3 is 0 Å². The monoisotopic (exact) mass is 169 g/mol. The summed E-state index contributed by atoms with van der Waals surface area (Å²) in [5, 5.41) is 3.68. The van der Waals surface area contributed by atoms with Gasteiger partial charge in [-0.25, -0.2) is 0 Å². The summed E-state index contributed by atoms with van der Waals surface area (Å²) in [6, 6.07) is 1.40. The molecule has 1 fully saturated rings. The van der Waals surface area contributed by atoms with Crippen molar-refractivity contribution in [1.29, 1.82) is 0 Å². The van der Waals surface area contributed by atoms with Crippen molar-refractivity contribution in [3.05, 3.63) is 0 Å². The third-order valence-electron chi connectivity index (χ3n) is 3.07. The lowest BCUT2D eigenvalue weighted by atomic mass is 9.78. The van der Waals surface area contributed by atoms with Crippen LogP contribution in [0.1, 0.15) is 47.0 Å². The van der Waals surface area contributed by atoms with E-state index in [9.17, 15) is 0 Å². The molecule has 1 nitrogen and oxygen atoms in total. The predicted octanol–water partition coefficient (Wildman–Crippen LogP) is 2.81. The molecule has 0 amide bonds. The second-order valence-electron chi connectivity index (χ2n) is 4.73. The Balaban J connectivity index is 2.45. The average molecular weight is 169 g/mol. The molecule has 1 aliphatic carbocycles. The summed E-state index contributed by atoms with van der Waals surface area (Å²) in [6.07, 6.45) is 4.25. The van der Waals surface area contributed by atoms with Crippen molar-refractivity contribution in [2.45, 2.75) is 59.0 Å². The molecular formula is C11H23N. The van der Waals surface area contributed by atoms with Gasteiger partial charge in [0.05, 0.1) is 0 Å². The standard InChI is InChI=1S/C11H23N/c1-8(2)12-11-9(3)6-5-7-10(11)4/h8-12H,5-7H2,1-4H3/t9-,10-/m0/s1. The van der Waals surface area contributed by atoms with Crippen molar-refractivity contribution >= 4 is 0 Å². The number of nitrogens with one attached hydrogen (secondary N) is 1. The maximum Gasteiger partial charge on any atom is 0.0121 e. The Morgan fingerprint density at radius 1 is 1.08 bits per heavy atom. The molecule has 0 aliphatic heterocycles. The molecule has 1 rings (SSSR count). The molecule has 1 heteroatoms. The summed E-state index contributed by atoms with van der Waals surface area (Å²) >= 11 is 0. The molecule has 0 radical (unpaired) electrons. The van der Waals surface area contributed by atoms with Gasteiger partial charge in [0.15, 0.2) is 0 Å². The van der Waals surface area contributed by atoms with Crippen molar-refractivity contribution in [3.63, 3.8) is 0 Å². The summed E-state index contributed by atoms with van der Waals surface area (Å²) < 4.78 is 0. The minimum Gasteiger partial charge on any atom is -0.311 e. The van der Waals surface area contributed by atoms with Gasteiger partial charge in [-0.05, 0) is 24.7 Å². The van der Waals surface area contributed by atoms with Crippen molar-refractivity contribution < 1.29 is 0 Å². The third-order valence-corrected chi connectivity index (χ3v) is 3.07. The van der Waals surface area contributed by atoms with Gasteiger partial charge in [-0.15, -0.1) is 0 Å². The predicted molar refractivity (Wildman–Crippen MR) is 54.2 cm³/mol. The van der Waals surface area contributed by atoms with Crippen LogP contribution in [0.15, 0.2) is 0 Å². The van der Waals surface area contributed by atoms with Gasteiger partial charge in [0, 0.05) is 12.1 Å². The zero-order valence-electron chi connectivity index (χ0n) is 8.93. The molecule has 0 spiro atoms. The van der Waals surface area contributed by atoms with Crippen molar-refractivity contribution in [2.75, 3.05) is 0 Å². The van der Waals surface area contributed by atoms with Crippen LogP contribution in [0, 0.1) is 11.8 Å². The van der Waals surface area contributed by atoms with Gasteiger partial charge in [0.25, 0.3) is 0 Å².